The van der Waals surface area contributed by atoms with Crippen LogP contribution in [0.5, 0.6) is 0 Å². The number of likely N-dealkylation sites (N-methyl/N-ethyl adjacent to an activating group) is 1. The number of hydrogen-bond donors (Lipinski definition) is 1. The molecular formula is C18H15N3O3S. The molecule has 7 heteroatoms. The van der Waals surface area contributed by atoms with E-state index in [1.165, 1.54) is 22.7 Å². The fourth-order valence-corrected chi connectivity index (χ4v) is 3.39. The lowest BCUT2D eigenvalue weighted by Crippen LogP contribution is -2.28. The Morgan fingerprint density at radius 2 is 2.00 bits per heavy atom. The lowest BCUT2D eigenvalue weighted by Gasteiger charge is -2.12. The Bertz CT molecular complexity index is 878. The number of carbonyl (C=O) groups is 2. The first kappa shape index (κ1) is 16.9. The molecule has 2 heterocycles. The highest BCUT2D eigenvalue weighted by molar-refractivity contribution is 8.18. The normalized spacial score (nSPS) is 17.5. The molecule has 0 saturated carbocycles. The summed E-state index contributed by atoms with van der Waals surface area (Å²) in [6, 6.07) is 10.1. The zero-order valence-electron chi connectivity index (χ0n) is 13.4. The predicted octanol–water partition coefficient (Wildman–Crippen LogP) is 3.40. The molecule has 0 bridgehead atoms. The molecule has 1 saturated heterocycles. The van der Waals surface area contributed by atoms with Crippen molar-refractivity contribution in [3.05, 3.63) is 64.8 Å². The maximum absolute atomic E-state index is 12.6. The van der Waals surface area contributed by atoms with Gasteiger partial charge in [0.05, 0.1) is 16.2 Å². The van der Waals surface area contributed by atoms with Crippen molar-refractivity contribution >= 4 is 40.6 Å². The lowest BCUT2D eigenvalue weighted by molar-refractivity contribution is -0.122. The summed E-state index contributed by atoms with van der Waals surface area (Å²) in [6.07, 6.45) is 5.10. The molecular weight excluding hydrogens is 338 g/mol. The molecule has 1 aromatic heterocycles. The smallest absolute Gasteiger partial charge is 0.337 e. The van der Waals surface area contributed by atoms with Gasteiger partial charge in [0, 0.05) is 18.9 Å². The van der Waals surface area contributed by atoms with Crippen LogP contribution in [0.2, 0.25) is 0 Å². The Labute approximate surface area is 148 Å². The summed E-state index contributed by atoms with van der Waals surface area (Å²) in [5, 5.41) is 9.76. The molecule has 0 aliphatic carbocycles. The topological polar surface area (TPSA) is 82.9 Å². The Morgan fingerprint density at radius 3 is 2.68 bits per heavy atom. The van der Waals surface area contributed by atoms with E-state index in [-0.39, 0.29) is 11.5 Å². The average Bonchev–Trinajstić information content (AvgIpc) is 2.90. The van der Waals surface area contributed by atoms with Gasteiger partial charge < -0.3 is 5.11 Å². The Kier molecular flexibility index (Phi) is 4.95. The summed E-state index contributed by atoms with van der Waals surface area (Å²) in [5.41, 5.74) is 1.30. The highest BCUT2D eigenvalue weighted by atomic mass is 32.2. The standard InChI is InChI=1S/C18H15N3O3S/c1-2-21-16(22)15(11-12-7-9-19-10-8-12)25-18(21)20-14-6-4-3-5-13(14)17(23)24/h3-11H,2H2,1H3,(H,23,24)/b15-11-,20-18?. The number of aliphatic imine (C=N–C) groups is 1. The molecule has 126 valence electrons. The molecule has 0 spiro atoms. The second-order valence-electron chi connectivity index (χ2n) is 5.16. The largest absolute Gasteiger partial charge is 0.478 e. The quantitative estimate of drug-likeness (QED) is 0.852. The molecule has 1 aromatic carbocycles. The fourth-order valence-electron chi connectivity index (χ4n) is 2.34. The van der Waals surface area contributed by atoms with Gasteiger partial charge in [-0.3, -0.25) is 14.7 Å². The number of carboxylic acid groups (broad SMARTS) is 1. The fraction of sp³-hybridized carbons (Fsp3) is 0.111. The first-order chi connectivity index (χ1) is 12.1. The molecule has 0 unspecified atom stereocenters. The van der Waals surface area contributed by atoms with E-state index in [4.69, 9.17) is 0 Å². The molecule has 1 amide bonds. The van der Waals surface area contributed by atoms with Crippen LogP contribution in [0.1, 0.15) is 22.8 Å². The number of aromatic nitrogens is 1. The van der Waals surface area contributed by atoms with Crippen LogP contribution >= 0.6 is 11.8 Å². The van der Waals surface area contributed by atoms with E-state index in [9.17, 15) is 14.7 Å². The summed E-state index contributed by atoms with van der Waals surface area (Å²) >= 11 is 1.24. The van der Waals surface area contributed by atoms with Crippen molar-refractivity contribution in [2.24, 2.45) is 4.99 Å². The van der Waals surface area contributed by atoms with Gasteiger partial charge in [-0.25, -0.2) is 9.79 Å². The van der Waals surface area contributed by atoms with Crippen LogP contribution in [0.3, 0.4) is 0 Å². The van der Waals surface area contributed by atoms with Crippen molar-refractivity contribution in [1.29, 1.82) is 0 Å². The summed E-state index contributed by atoms with van der Waals surface area (Å²) in [4.78, 5) is 34.4. The van der Waals surface area contributed by atoms with E-state index >= 15 is 0 Å². The van der Waals surface area contributed by atoms with Crippen molar-refractivity contribution in [2.45, 2.75) is 6.92 Å². The van der Waals surface area contributed by atoms with Gasteiger partial charge in [0.1, 0.15) is 0 Å². The van der Waals surface area contributed by atoms with Crippen LogP contribution in [0, 0.1) is 0 Å². The molecule has 25 heavy (non-hydrogen) atoms. The van der Waals surface area contributed by atoms with Gasteiger partial charge >= 0.3 is 5.97 Å². The van der Waals surface area contributed by atoms with Gasteiger partial charge in [0.25, 0.3) is 5.91 Å². The van der Waals surface area contributed by atoms with Crippen molar-refractivity contribution in [3.63, 3.8) is 0 Å². The van der Waals surface area contributed by atoms with E-state index < -0.39 is 5.97 Å². The number of carboxylic acids is 1. The third-order valence-electron chi connectivity index (χ3n) is 3.56. The van der Waals surface area contributed by atoms with Gasteiger partial charge in [-0.05, 0) is 54.6 Å². The Balaban J connectivity index is 1.99. The van der Waals surface area contributed by atoms with Gasteiger partial charge in [0.2, 0.25) is 0 Å². The number of nitrogens with zero attached hydrogens (tertiary/aromatic N) is 3. The number of para-hydroxylation sites is 1. The first-order valence-electron chi connectivity index (χ1n) is 7.62. The molecule has 1 fully saturated rings. The first-order valence-corrected chi connectivity index (χ1v) is 8.44. The highest BCUT2D eigenvalue weighted by Gasteiger charge is 2.32. The van der Waals surface area contributed by atoms with Crippen LogP contribution in [-0.4, -0.2) is 38.6 Å². The third kappa shape index (κ3) is 3.61. The minimum Gasteiger partial charge on any atom is -0.478 e. The van der Waals surface area contributed by atoms with Crippen LogP contribution in [0.25, 0.3) is 6.08 Å². The summed E-state index contributed by atoms with van der Waals surface area (Å²) < 4.78 is 0. The van der Waals surface area contributed by atoms with Gasteiger partial charge in [-0.1, -0.05) is 12.1 Å². The SMILES string of the molecule is CCN1C(=O)/C(=C/c2ccncc2)SC1=Nc1ccccc1C(=O)O. The van der Waals surface area contributed by atoms with E-state index in [2.05, 4.69) is 9.98 Å². The monoisotopic (exact) mass is 353 g/mol. The molecule has 0 atom stereocenters. The Hall–Kier alpha value is -2.93. The number of aromatic carboxylic acids is 1. The number of amidine groups is 1. The second-order valence-corrected chi connectivity index (χ2v) is 6.17. The van der Waals surface area contributed by atoms with Crippen molar-refractivity contribution in [2.75, 3.05) is 6.54 Å². The molecule has 2 aromatic rings. The third-order valence-corrected chi connectivity index (χ3v) is 4.57. The van der Waals surface area contributed by atoms with Crippen molar-refractivity contribution < 1.29 is 14.7 Å². The second kappa shape index (κ2) is 7.31. The maximum atomic E-state index is 12.6. The lowest BCUT2D eigenvalue weighted by atomic mass is 10.2. The van der Waals surface area contributed by atoms with Gasteiger partial charge in [0.15, 0.2) is 5.17 Å². The molecule has 0 radical (unpaired) electrons. The van der Waals surface area contributed by atoms with Gasteiger partial charge in [-0.2, -0.15) is 0 Å². The molecule has 6 nitrogen and oxygen atoms in total. The maximum Gasteiger partial charge on any atom is 0.337 e. The van der Waals surface area contributed by atoms with Gasteiger partial charge in [-0.15, -0.1) is 0 Å². The Morgan fingerprint density at radius 1 is 1.28 bits per heavy atom. The average molecular weight is 353 g/mol. The number of benzene rings is 1. The zero-order chi connectivity index (χ0) is 17.8. The summed E-state index contributed by atoms with van der Waals surface area (Å²) in [5.74, 6) is -1.19. The van der Waals surface area contributed by atoms with E-state index in [0.29, 0.717) is 22.3 Å². The van der Waals surface area contributed by atoms with Crippen LogP contribution in [0.4, 0.5) is 5.69 Å². The van der Waals surface area contributed by atoms with E-state index in [1.807, 2.05) is 19.1 Å². The summed E-state index contributed by atoms with van der Waals surface area (Å²) in [6.45, 7) is 2.31. The molecule has 3 rings (SSSR count). The zero-order valence-corrected chi connectivity index (χ0v) is 14.2. The van der Waals surface area contributed by atoms with Crippen LogP contribution in [0.15, 0.2) is 58.7 Å². The minimum atomic E-state index is -1.05. The molecule has 1 aliphatic heterocycles. The van der Waals surface area contributed by atoms with Crippen LogP contribution < -0.4 is 0 Å². The predicted molar refractivity (Wildman–Crippen MR) is 97.7 cm³/mol. The number of hydrogen-bond acceptors (Lipinski definition) is 5. The van der Waals surface area contributed by atoms with Crippen molar-refractivity contribution in [3.8, 4) is 0 Å². The van der Waals surface area contributed by atoms with Crippen molar-refractivity contribution in [1.82, 2.24) is 9.88 Å². The number of amides is 1. The molecule has 1 aliphatic rings. The molecule has 1 N–H and O–H groups in total. The number of rotatable bonds is 4. The minimum absolute atomic E-state index is 0.102. The van der Waals surface area contributed by atoms with E-state index in [1.54, 1.807) is 36.7 Å². The van der Waals surface area contributed by atoms with Crippen LogP contribution in [-0.2, 0) is 4.79 Å². The number of pyridine rings is 1. The summed E-state index contributed by atoms with van der Waals surface area (Å²) in [7, 11) is 0. The highest BCUT2D eigenvalue weighted by Crippen LogP contribution is 2.34. The number of carbonyl (C=O) groups excluding carboxylic acids is 1. The van der Waals surface area contributed by atoms with E-state index in [0.717, 1.165) is 5.56 Å². The number of thioether (sulfide) groups is 1.